The van der Waals surface area contributed by atoms with Gasteiger partial charge in [0.1, 0.15) is 5.76 Å². The third-order valence-electron chi connectivity index (χ3n) is 2.42. The Morgan fingerprint density at radius 3 is 2.62 bits per heavy atom. The number of carboxylic acids is 1. The van der Waals surface area contributed by atoms with E-state index in [1.54, 1.807) is 6.92 Å². The van der Waals surface area contributed by atoms with Crippen molar-refractivity contribution in [2.24, 2.45) is 5.92 Å². The lowest BCUT2D eigenvalue weighted by Gasteiger charge is -2.22. The maximum Gasteiger partial charge on any atom is 0.331 e. The molecule has 0 saturated heterocycles. The molecule has 1 aliphatic carbocycles. The minimum atomic E-state index is -0.955. The number of carbonyl (C=O) groups is 2. The number of carboxylic acid groups (broad SMARTS) is 1. The van der Waals surface area contributed by atoms with Crippen LogP contribution in [0.2, 0.25) is 0 Å². The zero-order valence-corrected chi connectivity index (χ0v) is 9.53. The number of aliphatic carboxylic acids is 1. The molecule has 0 aromatic carbocycles. The van der Waals surface area contributed by atoms with Crippen molar-refractivity contribution < 1.29 is 19.4 Å². The van der Waals surface area contributed by atoms with Gasteiger partial charge in [-0.05, 0) is 18.4 Å². The monoisotopic (exact) mass is 225 g/mol. The van der Waals surface area contributed by atoms with Gasteiger partial charge >= 0.3 is 5.97 Å². The predicted octanol–water partition coefficient (Wildman–Crippen LogP) is 1.03. The highest BCUT2D eigenvalue weighted by Gasteiger charge is 2.25. The fourth-order valence-corrected chi connectivity index (χ4v) is 1.67. The average molecular weight is 225 g/mol. The molecule has 0 spiro atoms. The van der Waals surface area contributed by atoms with E-state index in [0.717, 1.165) is 0 Å². The van der Waals surface area contributed by atoms with Crippen LogP contribution in [-0.4, -0.2) is 24.1 Å². The van der Waals surface area contributed by atoms with Gasteiger partial charge in [-0.1, -0.05) is 6.92 Å². The summed E-state index contributed by atoms with van der Waals surface area (Å²) in [6, 6.07) is 0. The van der Waals surface area contributed by atoms with Crippen molar-refractivity contribution in [2.75, 3.05) is 7.11 Å². The second-order valence-electron chi connectivity index (χ2n) is 3.74. The van der Waals surface area contributed by atoms with Crippen molar-refractivity contribution in [3.8, 4) is 0 Å². The van der Waals surface area contributed by atoms with Gasteiger partial charge in [0.15, 0.2) is 0 Å². The summed E-state index contributed by atoms with van der Waals surface area (Å²) >= 11 is 0. The molecule has 5 heteroatoms. The van der Waals surface area contributed by atoms with Crippen molar-refractivity contribution in [1.82, 2.24) is 5.32 Å². The Bertz CT molecular complexity index is 381. The fourth-order valence-electron chi connectivity index (χ4n) is 1.67. The molecule has 88 valence electrons. The van der Waals surface area contributed by atoms with Crippen LogP contribution in [0.15, 0.2) is 23.1 Å². The average Bonchev–Trinajstić information content (AvgIpc) is 2.16. The number of allylic oxidation sites excluding steroid dienone is 2. The van der Waals surface area contributed by atoms with Crippen LogP contribution in [0.4, 0.5) is 0 Å². The van der Waals surface area contributed by atoms with E-state index >= 15 is 0 Å². The van der Waals surface area contributed by atoms with Crippen LogP contribution in [0.3, 0.4) is 0 Å². The normalized spacial score (nSPS) is 20.2. The Hall–Kier alpha value is -1.78. The van der Waals surface area contributed by atoms with Gasteiger partial charge in [-0.2, -0.15) is 0 Å². The Morgan fingerprint density at radius 1 is 1.56 bits per heavy atom. The molecule has 1 rings (SSSR count). The molecule has 16 heavy (non-hydrogen) atoms. The van der Waals surface area contributed by atoms with E-state index in [4.69, 9.17) is 9.84 Å². The van der Waals surface area contributed by atoms with Crippen LogP contribution in [0.5, 0.6) is 0 Å². The summed E-state index contributed by atoms with van der Waals surface area (Å²) in [6.07, 6.45) is 1.92. The largest absolute Gasteiger partial charge is 0.495 e. The summed E-state index contributed by atoms with van der Waals surface area (Å²) in [5, 5.41) is 11.6. The molecule has 0 aliphatic heterocycles. The first kappa shape index (κ1) is 12.3. The van der Waals surface area contributed by atoms with Gasteiger partial charge in [-0.25, -0.2) is 4.79 Å². The highest BCUT2D eigenvalue weighted by molar-refractivity contribution is 5.88. The number of amides is 1. The third-order valence-corrected chi connectivity index (χ3v) is 2.42. The second kappa shape index (κ2) is 4.83. The summed E-state index contributed by atoms with van der Waals surface area (Å²) in [4.78, 5) is 21.9. The molecule has 0 bridgehead atoms. The van der Waals surface area contributed by atoms with Gasteiger partial charge in [0.05, 0.1) is 12.8 Å². The molecular weight excluding hydrogens is 210 g/mol. The minimum Gasteiger partial charge on any atom is -0.495 e. The zero-order valence-electron chi connectivity index (χ0n) is 9.53. The summed E-state index contributed by atoms with van der Waals surface area (Å²) in [7, 11) is 1.45. The van der Waals surface area contributed by atoms with E-state index in [0.29, 0.717) is 23.5 Å². The molecule has 0 heterocycles. The van der Waals surface area contributed by atoms with Crippen molar-refractivity contribution in [3.63, 3.8) is 0 Å². The van der Waals surface area contributed by atoms with Crippen molar-refractivity contribution in [3.05, 3.63) is 23.1 Å². The van der Waals surface area contributed by atoms with E-state index in [1.165, 1.54) is 20.1 Å². The van der Waals surface area contributed by atoms with Crippen LogP contribution in [0.25, 0.3) is 0 Å². The van der Waals surface area contributed by atoms with Crippen molar-refractivity contribution >= 4 is 11.9 Å². The number of hydrogen-bond acceptors (Lipinski definition) is 3. The van der Waals surface area contributed by atoms with Crippen molar-refractivity contribution in [2.45, 2.75) is 20.3 Å². The topological polar surface area (TPSA) is 75.6 Å². The van der Waals surface area contributed by atoms with Crippen molar-refractivity contribution in [1.29, 1.82) is 0 Å². The second-order valence-corrected chi connectivity index (χ2v) is 3.74. The molecule has 1 atom stereocenters. The lowest BCUT2D eigenvalue weighted by Crippen LogP contribution is -2.26. The first-order valence-electron chi connectivity index (χ1n) is 4.95. The molecular formula is C11H15NO4. The van der Waals surface area contributed by atoms with Crippen LogP contribution in [0.1, 0.15) is 20.3 Å². The Kier molecular flexibility index (Phi) is 3.71. The summed E-state index contributed by atoms with van der Waals surface area (Å²) in [6.45, 7) is 3.20. The van der Waals surface area contributed by atoms with E-state index in [1.807, 2.05) is 0 Å². The van der Waals surface area contributed by atoms with Gasteiger partial charge < -0.3 is 15.2 Å². The minimum absolute atomic E-state index is 0.141. The summed E-state index contributed by atoms with van der Waals surface area (Å²) in [5.74, 6) is -0.878. The lowest BCUT2D eigenvalue weighted by atomic mass is 9.90. The number of ether oxygens (including phenoxy) is 1. The Labute approximate surface area is 93.8 Å². The number of carbonyl (C=O) groups excluding carboxylic acids is 1. The summed E-state index contributed by atoms with van der Waals surface area (Å²) in [5.41, 5.74) is 0.929. The van der Waals surface area contributed by atoms with Crippen LogP contribution in [-0.2, 0) is 14.3 Å². The fraction of sp³-hybridized carbons (Fsp3) is 0.455. The predicted molar refractivity (Wildman–Crippen MR) is 57.4 cm³/mol. The highest BCUT2D eigenvalue weighted by atomic mass is 16.5. The molecule has 1 amide bonds. The molecule has 2 N–H and O–H groups in total. The quantitative estimate of drug-likeness (QED) is 0.752. The molecule has 0 fully saturated rings. The van der Waals surface area contributed by atoms with Gasteiger partial charge in [0, 0.05) is 12.5 Å². The molecule has 0 aromatic heterocycles. The maximum atomic E-state index is 11.0. The third kappa shape index (κ3) is 2.62. The molecule has 0 aromatic rings. The van der Waals surface area contributed by atoms with Crippen LogP contribution in [0, 0.1) is 5.92 Å². The van der Waals surface area contributed by atoms with Gasteiger partial charge in [-0.15, -0.1) is 0 Å². The highest BCUT2D eigenvalue weighted by Crippen LogP contribution is 2.28. The molecule has 1 unspecified atom stereocenters. The molecule has 5 nitrogen and oxygen atoms in total. The smallest absolute Gasteiger partial charge is 0.331 e. The first-order chi connectivity index (χ1) is 7.45. The number of rotatable bonds is 3. The van der Waals surface area contributed by atoms with Gasteiger partial charge in [-0.3, -0.25) is 4.79 Å². The number of nitrogens with one attached hydrogen (secondary N) is 1. The van der Waals surface area contributed by atoms with E-state index < -0.39 is 5.97 Å². The van der Waals surface area contributed by atoms with E-state index in [9.17, 15) is 9.59 Å². The van der Waals surface area contributed by atoms with E-state index in [-0.39, 0.29) is 11.8 Å². The van der Waals surface area contributed by atoms with Gasteiger partial charge in [0.25, 0.3) is 0 Å². The standard InChI is InChI=1S/C11H15NO4/c1-6-4-9(12-7(2)13)10(16-3)5-8(6)11(14)15/h5-6H,4H2,1-3H3,(H,12,13)(H,14,15). The maximum absolute atomic E-state index is 11.0. The number of hydrogen-bond donors (Lipinski definition) is 2. The lowest BCUT2D eigenvalue weighted by molar-refractivity contribution is -0.133. The molecule has 0 radical (unpaired) electrons. The molecule has 1 aliphatic rings. The van der Waals surface area contributed by atoms with Crippen LogP contribution >= 0.6 is 0 Å². The Morgan fingerprint density at radius 2 is 2.19 bits per heavy atom. The van der Waals surface area contributed by atoms with Crippen LogP contribution < -0.4 is 5.32 Å². The first-order valence-corrected chi connectivity index (χ1v) is 4.95. The number of methoxy groups -OCH3 is 1. The van der Waals surface area contributed by atoms with Gasteiger partial charge in [0.2, 0.25) is 5.91 Å². The molecule has 0 saturated carbocycles. The van der Waals surface area contributed by atoms with E-state index in [2.05, 4.69) is 5.32 Å². The Balaban J connectivity index is 3.06. The SMILES string of the molecule is COC1=C(NC(C)=O)CC(C)C(C(=O)O)=C1. The zero-order chi connectivity index (χ0) is 12.3. The summed E-state index contributed by atoms with van der Waals surface area (Å²) < 4.78 is 5.06.